The van der Waals surface area contributed by atoms with Crippen molar-refractivity contribution in [2.75, 3.05) is 25.0 Å². The molecule has 2 amide bonds. The van der Waals surface area contributed by atoms with Crippen LogP contribution in [0.2, 0.25) is 0 Å². The number of halogens is 2. The predicted molar refractivity (Wildman–Crippen MR) is 81.1 cm³/mol. The van der Waals surface area contributed by atoms with E-state index in [-0.39, 0.29) is 24.3 Å². The molecular formula is C14H17BrFN3O2. The molecule has 0 spiro atoms. The van der Waals surface area contributed by atoms with Gasteiger partial charge in [-0.05, 0) is 31.0 Å². The van der Waals surface area contributed by atoms with Crippen molar-refractivity contribution in [2.24, 2.45) is 11.7 Å². The minimum absolute atomic E-state index is 0.0276. The molecule has 7 heteroatoms. The van der Waals surface area contributed by atoms with Crippen molar-refractivity contribution < 1.29 is 14.0 Å². The Morgan fingerprint density at radius 1 is 1.38 bits per heavy atom. The lowest BCUT2D eigenvalue weighted by Gasteiger charge is -2.30. The highest BCUT2D eigenvalue weighted by Gasteiger charge is 2.25. The van der Waals surface area contributed by atoms with Crippen LogP contribution in [0, 0.1) is 11.7 Å². The fourth-order valence-electron chi connectivity index (χ4n) is 2.33. The number of primary amides is 1. The zero-order chi connectivity index (χ0) is 15.4. The third-order valence-corrected chi connectivity index (χ3v) is 4.10. The molecule has 0 atom stereocenters. The first-order chi connectivity index (χ1) is 9.97. The second-order valence-corrected chi connectivity index (χ2v) is 5.95. The van der Waals surface area contributed by atoms with E-state index in [1.807, 2.05) is 0 Å². The monoisotopic (exact) mass is 357 g/mol. The van der Waals surface area contributed by atoms with Crippen LogP contribution < -0.4 is 11.1 Å². The van der Waals surface area contributed by atoms with Crippen LogP contribution in [0.3, 0.4) is 0 Å². The zero-order valence-electron chi connectivity index (χ0n) is 11.4. The minimum atomic E-state index is -0.412. The van der Waals surface area contributed by atoms with E-state index in [0.29, 0.717) is 36.1 Å². The fourth-order valence-corrected chi connectivity index (χ4v) is 2.66. The summed E-state index contributed by atoms with van der Waals surface area (Å²) in [6, 6.07) is 4.62. The van der Waals surface area contributed by atoms with Crippen molar-refractivity contribution in [3.05, 3.63) is 28.5 Å². The van der Waals surface area contributed by atoms with Gasteiger partial charge in [-0.2, -0.15) is 0 Å². The van der Waals surface area contributed by atoms with E-state index >= 15 is 0 Å². The molecule has 1 heterocycles. The molecule has 1 aliphatic heterocycles. The number of hydrogen-bond donors (Lipinski definition) is 2. The molecule has 1 aliphatic rings. The van der Waals surface area contributed by atoms with Gasteiger partial charge in [-0.3, -0.25) is 9.59 Å². The Bertz CT molecular complexity index is 545. The second-order valence-electron chi connectivity index (χ2n) is 5.04. The lowest BCUT2D eigenvalue weighted by atomic mass is 9.96. The van der Waals surface area contributed by atoms with Crippen molar-refractivity contribution in [3.63, 3.8) is 0 Å². The first kappa shape index (κ1) is 15.8. The summed E-state index contributed by atoms with van der Waals surface area (Å²) in [7, 11) is 0. The van der Waals surface area contributed by atoms with Crippen LogP contribution in [-0.2, 0) is 9.59 Å². The summed E-state index contributed by atoms with van der Waals surface area (Å²) in [6.07, 6.45) is 1.18. The highest BCUT2D eigenvalue weighted by molar-refractivity contribution is 9.10. The first-order valence-corrected chi connectivity index (χ1v) is 7.52. The second kappa shape index (κ2) is 6.89. The topological polar surface area (TPSA) is 75.4 Å². The molecule has 0 unspecified atom stereocenters. The molecule has 2 rings (SSSR count). The number of hydrogen-bond acceptors (Lipinski definition) is 3. The van der Waals surface area contributed by atoms with Crippen molar-refractivity contribution in [1.82, 2.24) is 4.90 Å². The maximum Gasteiger partial charge on any atom is 0.241 e. The maximum atomic E-state index is 13.6. The number of nitrogens with two attached hydrogens (primary N) is 1. The Kier molecular flexibility index (Phi) is 5.17. The summed E-state index contributed by atoms with van der Waals surface area (Å²) in [4.78, 5) is 24.8. The van der Waals surface area contributed by atoms with Crippen LogP contribution in [-0.4, -0.2) is 36.3 Å². The molecule has 21 heavy (non-hydrogen) atoms. The summed E-state index contributed by atoms with van der Waals surface area (Å²) in [5, 5.41) is 2.79. The van der Waals surface area contributed by atoms with Gasteiger partial charge in [0.15, 0.2) is 0 Å². The average Bonchev–Trinajstić information content (AvgIpc) is 2.46. The third-order valence-electron chi connectivity index (χ3n) is 3.61. The van der Waals surface area contributed by atoms with Crippen molar-refractivity contribution in [1.29, 1.82) is 0 Å². The van der Waals surface area contributed by atoms with Crippen LogP contribution in [0.25, 0.3) is 0 Å². The van der Waals surface area contributed by atoms with Crippen molar-refractivity contribution in [2.45, 2.75) is 12.8 Å². The number of piperidine rings is 1. The lowest BCUT2D eigenvalue weighted by Crippen LogP contribution is -2.43. The summed E-state index contributed by atoms with van der Waals surface area (Å²) >= 11 is 3.18. The van der Waals surface area contributed by atoms with Gasteiger partial charge < -0.3 is 16.0 Å². The molecule has 1 aromatic carbocycles. The number of anilines is 1. The number of carbonyl (C=O) groups is 2. The van der Waals surface area contributed by atoms with Gasteiger partial charge in [-0.1, -0.05) is 15.9 Å². The van der Waals surface area contributed by atoms with E-state index in [1.54, 1.807) is 17.0 Å². The predicted octanol–water partition coefficient (Wildman–Crippen LogP) is 1.72. The lowest BCUT2D eigenvalue weighted by molar-refractivity contribution is -0.133. The molecule has 1 aromatic rings. The average molecular weight is 358 g/mol. The minimum Gasteiger partial charge on any atom is -0.374 e. The molecular weight excluding hydrogens is 341 g/mol. The molecule has 0 aliphatic carbocycles. The largest absolute Gasteiger partial charge is 0.374 e. The van der Waals surface area contributed by atoms with Crippen molar-refractivity contribution >= 4 is 33.4 Å². The molecule has 3 N–H and O–H groups in total. The van der Waals surface area contributed by atoms with Gasteiger partial charge in [0.05, 0.1) is 12.2 Å². The van der Waals surface area contributed by atoms with E-state index in [4.69, 9.17) is 5.73 Å². The highest BCUT2D eigenvalue weighted by Crippen LogP contribution is 2.20. The number of rotatable bonds is 4. The maximum absolute atomic E-state index is 13.6. The molecule has 5 nitrogen and oxygen atoms in total. The standard InChI is InChI=1S/C14H17BrFN3O2/c15-10-1-2-12(11(16)7-10)18-8-13(20)19-5-3-9(4-6-19)14(17)21/h1-2,7,9,18H,3-6,8H2,(H2,17,21). The quantitative estimate of drug-likeness (QED) is 0.861. The third kappa shape index (κ3) is 4.17. The van der Waals surface area contributed by atoms with E-state index in [1.165, 1.54) is 6.07 Å². The van der Waals surface area contributed by atoms with Crippen molar-refractivity contribution in [3.8, 4) is 0 Å². The van der Waals surface area contributed by atoms with Gasteiger partial charge in [-0.25, -0.2) is 4.39 Å². The van der Waals surface area contributed by atoms with Gasteiger partial charge in [-0.15, -0.1) is 0 Å². The number of amides is 2. The van der Waals surface area contributed by atoms with Crippen LogP contribution in [0.1, 0.15) is 12.8 Å². The molecule has 0 bridgehead atoms. The molecule has 1 saturated heterocycles. The van der Waals surface area contributed by atoms with E-state index in [9.17, 15) is 14.0 Å². The van der Waals surface area contributed by atoms with E-state index < -0.39 is 5.82 Å². The number of nitrogens with one attached hydrogen (secondary N) is 1. The summed E-state index contributed by atoms with van der Waals surface area (Å²) in [5.41, 5.74) is 5.54. The zero-order valence-corrected chi connectivity index (χ0v) is 13.0. The normalized spacial score (nSPS) is 15.8. The Morgan fingerprint density at radius 2 is 2.05 bits per heavy atom. The molecule has 0 saturated carbocycles. The van der Waals surface area contributed by atoms with E-state index in [0.717, 1.165) is 0 Å². The molecule has 0 radical (unpaired) electrons. The van der Waals surface area contributed by atoms with Crippen LogP contribution in [0.5, 0.6) is 0 Å². The summed E-state index contributed by atoms with van der Waals surface area (Å²) in [6.45, 7) is 1.05. The Morgan fingerprint density at radius 3 is 2.62 bits per heavy atom. The smallest absolute Gasteiger partial charge is 0.241 e. The number of likely N-dealkylation sites (tertiary alicyclic amines) is 1. The Labute approximate surface area is 130 Å². The van der Waals surface area contributed by atoms with Gasteiger partial charge in [0.1, 0.15) is 5.82 Å². The van der Waals surface area contributed by atoms with E-state index in [2.05, 4.69) is 21.2 Å². The Balaban J connectivity index is 1.84. The molecule has 0 aromatic heterocycles. The van der Waals surface area contributed by atoms with Gasteiger partial charge in [0.25, 0.3) is 0 Å². The van der Waals surface area contributed by atoms with Crippen LogP contribution in [0.15, 0.2) is 22.7 Å². The number of benzene rings is 1. The van der Waals surface area contributed by atoms with Crippen LogP contribution >= 0.6 is 15.9 Å². The van der Waals surface area contributed by atoms with Gasteiger partial charge in [0.2, 0.25) is 11.8 Å². The molecule has 1 fully saturated rings. The number of nitrogens with zero attached hydrogens (tertiary/aromatic N) is 1. The highest BCUT2D eigenvalue weighted by atomic mass is 79.9. The molecule has 114 valence electrons. The first-order valence-electron chi connectivity index (χ1n) is 6.73. The Hall–Kier alpha value is -1.63. The van der Waals surface area contributed by atoms with Gasteiger partial charge in [0, 0.05) is 23.5 Å². The number of carbonyl (C=O) groups excluding carboxylic acids is 2. The summed E-state index contributed by atoms with van der Waals surface area (Å²) < 4.78 is 14.3. The van der Waals surface area contributed by atoms with Crippen LogP contribution in [0.4, 0.5) is 10.1 Å². The van der Waals surface area contributed by atoms with Gasteiger partial charge >= 0.3 is 0 Å². The SMILES string of the molecule is NC(=O)C1CCN(C(=O)CNc2ccc(Br)cc2F)CC1. The summed E-state index contributed by atoms with van der Waals surface area (Å²) in [5.74, 6) is -0.979. The fraction of sp³-hybridized carbons (Fsp3) is 0.429.